The average molecular weight is 71.7 g/mol. The Morgan fingerprint density at radius 3 is 2.40 bits per heavy atom. The predicted octanol–water partition coefficient (Wildman–Crippen LogP) is -2.94. The Morgan fingerprint density at radius 1 is 1.80 bits per heavy atom. The summed E-state index contributed by atoms with van der Waals surface area (Å²) in [6.07, 6.45) is 0. The highest BCUT2D eigenvalue weighted by atomic mass is 16.2. The first-order valence-electron chi connectivity index (χ1n) is 1.43. The lowest BCUT2D eigenvalue weighted by Crippen LogP contribution is -2.30. The predicted molar refractivity (Wildman–Crippen MR) is 23.8 cm³/mol. The van der Waals surface area contributed by atoms with Crippen molar-refractivity contribution < 1.29 is 5.02 Å². The standard InChI is InChI=1S/B2H6N2O/c3-1-4-2-5/h1-2,4-5H,3H2. The second-order valence-corrected chi connectivity index (χ2v) is 0.612. The lowest BCUT2D eigenvalue weighted by molar-refractivity contribution is 0.598. The smallest absolute Gasteiger partial charge is 0.347 e. The van der Waals surface area contributed by atoms with Crippen LogP contribution in [0, 0.1) is 0 Å². The molecule has 0 saturated carbocycles. The molecule has 0 amide bonds. The summed E-state index contributed by atoms with van der Waals surface area (Å²) < 4.78 is 0. The van der Waals surface area contributed by atoms with Gasteiger partial charge in [-0.2, -0.15) is 0 Å². The Balaban J connectivity index is 2.19. The third kappa shape index (κ3) is 4.01. The molecule has 3 nitrogen and oxygen atoms in total. The molecule has 0 bridgehead atoms. The molecule has 28 valence electrons. The quantitative estimate of drug-likeness (QED) is 0.306. The molecule has 0 radical (unpaired) electrons. The number of hydrogen-bond acceptors (Lipinski definition) is 3. The number of rotatable bonds is 2. The van der Waals surface area contributed by atoms with Crippen molar-refractivity contribution in [2.24, 2.45) is 5.64 Å². The van der Waals surface area contributed by atoms with Gasteiger partial charge in [0.15, 0.2) is 0 Å². The van der Waals surface area contributed by atoms with Gasteiger partial charge in [0.2, 0.25) is 0 Å². The van der Waals surface area contributed by atoms with Gasteiger partial charge in [-0.25, -0.2) is 0 Å². The van der Waals surface area contributed by atoms with Crippen molar-refractivity contribution >= 4 is 15.2 Å². The molecule has 0 saturated heterocycles. The minimum atomic E-state index is -0.0312. The van der Waals surface area contributed by atoms with Crippen LogP contribution in [0.3, 0.4) is 0 Å². The van der Waals surface area contributed by atoms with Gasteiger partial charge in [0.05, 0.1) is 0 Å². The molecule has 0 atom stereocenters. The van der Waals surface area contributed by atoms with Crippen molar-refractivity contribution in [3.05, 3.63) is 0 Å². The molecule has 0 rings (SSSR count). The second kappa shape index (κ2) is 4.01. The van der Waals surface area contributed by atoms with Crippen LogP contribution >= 0.6 is 0 Å². The van der Waals surface area contributed by atoms with Gasteiger partial charge in [-0.15, -0.1) is 0 Å². The molecule has 0 aliphatic carbocycles. The maximum absolute atomic E-state index is 7.88. The van der Waals surface area contributed by atoms with Gasteiger partial charge in [0.25, 0.3) is 7.55 Å². The maximum Gasteiger partial charge on any atom is 0.347 e. The fourth-order valence-electron chi connectivity index (χ4n) is 0.0645. The zero-order valence-corrected chi connectivity index (χ0v) is 2.94. The largest absolute Gasteiger partial charge is 0.441 e. The molecule has 0 heterocycles. The molecular weight excluding hydrogens is 65.6 g/mol. The van der Waals surface area contributed by atoms with Gasteiger partial charge in [-0.3, -0.25) is 0 Å². The van der Waals surface area contributed by atoms with Crippen LogP contribution in [-0.4, -0.2) is 20.2 Å². The van der Waals surface area contributed by atoms with Gasteiger partial charge >= 0.3 is 7.62 Å². The lowest BCUT2D eigenvalue weighted by Gasteiger charge is -1.80. The lowest BCUT2D eigenvalue weighted by atomic mass is 10.1. The molecule has 4 N–H and O–H groups in total. The van der Waals surface area contributed by atoms with Crippen LogP contribution in [0.5, 0.6) is 0 Å². The van der Waals surface area contributed by atoms with E-state index in [0.29, 0.717) is 7.55 Å². The van der Waals surface area contributed by atoms with Gasteiger partial charge in [0, 0.05) is 0 Å². The Hall–Kier alpha value is 0.00987. The molecule has 0 spiro atoms. The van der Waals surface area contributed by atoms with Crippen LogP contribution in [0.15, 0.2) is 0 Å². The van der Waals surface area contributed by atoms with Crippen LogP contribution < -0.4 is 10.8 Å². The molecule has 0 unspecified atom stereocenters. The molecule has 0 aromatic carbocycles. The van der Waals surface area contributed by atoms with Crippen LogP contribution in [0.2, 0.25) is 0 Å². The summed E-state index contributed by atoms with van der Waals surface area (Å²) in [5, 5.41) is 10.3. The van der Waals surface area contributed by atoms with Crippen LogP contribution in [0.1, 0.15) is 0 Å². The molecule has 5 heteroatoms. The first-order valence-corrected chi connectivity index (χ1v) is 1.43. The van der Waals surface area contributed by atoms with Crippen LogP contribution in [-0.2, 0) is 0 Å². The molecule has 0 fully saturated rings. The zero-order chi connectivity index (χ0) is 4.12. The fourth-order valence-corrected chi connectivity index (χ4v) is 0.0645. The monoisotopic (exact) mass is 72.1 g/mol. The Morgan fingerprint density at radius 2 is 2.40 bits per heavy atom. The maximum atomic E-state index is 7.88. The molecular formula is H6B2N2O. The van der Waals surface area contributed by atoms with E-state index >= 15 is 0 Å². The molecule has 0 aromatic rings. The summed E-state index contributed by atoms with van der Waals surface area (Å²) in [6.45, 7) is 0. The Labute approximate surface area is 32.1 Å². The average Bonchev–Trinajstić information content (AvgIpc) is 1.41. The summed E-state index contributed by atoms with van der Waals surface area (Å²) in [7, 11) is 0.312. The molecule has 0 aromatic heterocycles. The van der Waals surface area contributed by atoms with Crippen molar-refractivity contribution in [2.45, 2.75) is 0 Å². The van der Waals surface area contributed by atoms with Gasteiger partial charge in [0.1, 0.15) is 0 Å². The van der Waals surface area contributed by atoms with Gasteiger partial charge in [-0.1, -0.05) is 0 Å². The van der Waals surface area contributed by atoms with Gasteiger partial charge < -0.3 is 15.8 Å². The Bertz CT molecular complexity index is 15.1. The normalized spacial score (nSPS) is 6.80. The molecule has 0 aliphatic heterocycles. The number of nitrogens with one attached hydrogen (secondary N) is 1. The Kier molecular flexibility index (Phi) is 4.02. The van der Waals surface area contributed by atoms with Crippen molar-refractivity contribution in [1.82, 2.24) is 5.14 Å². The molecule has 0 aliphatic rings. The number of nitrogens with two attached hydrogens (primary N) is 1. The second-order valence-electron chi connectivity index (χ2n) is 0.612. The summed E-state index contributed by atoms with van der Waals surface area (Å²) in [6, 6.07) is 0. The van der Waals surface area contributed by atoms with Crippen molar-refractivity contribution in [3.8, 4) is 0 Å². The highest BCUT2D eigenvalue weighted by molar-refractivity contribution is 6.44. The SMILES string of the molecule is NBNBO. The van der Waals surface area contributed by atoms with E-state index in [1.807, 2.05) is 0 Å². The van der Waals surface area contributed by atoms with Crippen molar-refractivity contribution in [1.29, 1.82) is 0 Å². The first kappa shape index (κ1) is 5.01. The van der Waals surface area contributed by atoms with E-state index in [4.69, 9.17) is 10.7 Å². The van der Waals surface area contributed by atoms with E-state index in [1.54, 1.807) is 0 Å². The summed E-state index contributed by atoms with van der Waals surface area (Å²) in [5.41, 5.74) is 4.87. The van der Waals surface area contributed by atoms with Crippen molar-refractivity contribution in [2.75, 3.05) is 0 Å². The van der Waals surface area contributed by atoms with Crippen LogP contribution in [0.25, 0.3) is 0 Å². The van der Waals surface area contributed by atoms with E-state index in [-0.39, 0.29) is 7.62 Å². The van der Waals surface area contributed by atoms with E-state index in [2.05, 4.69) is 5.14 Å². The minimum absolute atomic E-state index is 0.0312. The van der Waals surface area contributed by atoms with Gasteiger partial charge in [-0.05, 0) is 0 Å². The summed E-state index contributed by atoms with van der Waals surface area (Å²) in [4.78, 5) is 0. The summed E-state index contributed by atoms with van der Waals surface area (Å²) >= 11 is 0. The summed E-state index contributed by atoms with van der Waals surface area (Å²) in [5.74, 6) is 0. The third-order valence-electron chi connectivity index (χ3n) is 0.256. The minimum Gasteiger partial charge on any atom is -0.441 e. The van der Waals surface area contributed by atoms with Crippen LogP contribution in [0.4, 0.5) is 0 Å². The molecule has 5 heavy (non-hydrogen) atoms. The van der Waals surface area contributed by atoms with E-state index < -0.39 is 0 Å². The van der Waals surface area contributed by atoms with Crippen molar-refractivity contribution in [3.63, 3.8) is 0 Å². The highest BCUT2D eigenvalue weighted by Gasteiger charge is 1.73. The zero-order valence-electron chi connectivity index (χ0n) is 2.94. The topological polar surface area (TPSA) is 58.3 Å². The first-order chi connectivity index (χ1) is 2.41. The van der Waals surface area contributed by atoms with E-state index in [0.717, 1.165) is 0 Å². The van der Waals surface area contributed by atoms with E-state index in [1.165, 1.54) is 0 Å². The van der Waals surface area contributed by atoms with E-state index in [9.17, 15) is 0 Å². The third-order valence-corrected chi connectivity index (χ3v) is 0.256. The highest BCUT2D eigenvalue weighted by Crippen LogP contribution is 1.22. The fraction of sp³-hybridized carbons (Fsp3) is 0. The number of hydrogen-bond donors (Lipinski definition) is 3.